The van der Waals surface area contributed by atoms with Gasteiger partial charge in [0.15, 0.2) is 14.0 Å². The van der Waals surface area contributed by atoms with Gasteiger partial charge in [-0.2, -0.15) is 0 Å². The monoisotopic (exact) mass is 2850 g/mol. The summed E-state index contributed by atoms with van der Waals surface area (Å²) in [5, 5.41) is 0. The smallest absolute Gasteiger partial charge is 0.615 e. The van der Waals surface area contributed by atoms with Crippen molar-refractivity contribution in [2.75, 3.05) is 98.1 Å². The van der Waals surface area contributed by atoms with Gasteiger partial charge >= 0.3 is 42.1 Å². The van der Waals surface area contributed by atoms with E-state index >= 15 is 0 Å². The van der Waals surface area contributed by atoms with Crippen LogP contribution in [0.1, 0.15) is 132 Å². The van der Waals surface area contributed by atoms with Crippen LogP contribution in [0.15, 0.2) is 171 Å². The Morgan fingerprint density at radius 1 is 0.270 bits per heavy atom. The predicted octanol–water partition coefficient (Wildman–Crippen LogP) is 11.6. The Labute approximate surface area is 864 Å². The number of hydrogen-bond acceptors (Lipinski definition) is 18. The Kier molecular flexibility index (Phi) is 57.2. The van der Waals surface area contributed by atoms with Crippen molar-refractivity contribution < 1.29 is 126 Å². The van der Waals surface area contributed by atoms with Gasteiger partial charge in [-0.15, -0.1) is 0 Å². The third kappa shape index (κ3) is 32.3. The molecule has 6 fully saturated rings. The number of para-hydroxylation sites is 2. The first-order chi connectivity index (χ1) is 57.9. The average molecular weight is 2850 g/mol. The van der Waals surface area contributed by atoms with E-state index in [4.69, 9.17) is 0 Å². The van der Waals surface area contributed by atoms with Crippen molar-refractivity contribution in [1.82, 2.24) is 76.1 Å². The van der Waals surface area contributed by atoms with Gasteiger partial charge in [-0.25, -0.2) is 0 Å². The molecule has 0 atom stereocenters. The van der Waals surface area contributed by atoms with E-state index in [1.165, 1.54) is 108 Å². The Hall–Kier alpha value is -2.10. The molecule has 14 rings (SSSR count). The van der Waals surface area contributed by atoms with Crippen molar-refractivity contribution in [3.63, 3.8) is 0 Å². The Morgan fingerprint density at radius 2 is 0.524 bits per heavy atom. The van der Waals surface area contributed by atoms with E-state index in [1.807, 2.05) is 73.6 Å². The minimum absolute atomic E-state index is 0. The van der Waals surface area contributed by atoms with Gasteiger partial charge in [0, 0.05) is 84.3 Å². The molecule has 4 radical (unpaired) electrons. The molecule has 126 heavy (non-hydrogen) atoms. The molecule has 696 valence electrons. The SMILES string of the molecule is CB1N(C)[SiH]N(c2ccc[n-]2)B(C)N1C(C)C.CCCCCCN1B(C)N(c2ccccc2)[CH-]N(c2ccc[n-]2)B1C.CCCCCN1B(C)N(C)[SiH]N(c2ccc[n-]2)B1C.CCCCCN1B(C)N(c2ccccc2)[CH-]N(c2ccc[n-]2)B1C.CCCCN1B(C)N(C)[SiH]N(c2ccc[n-]2)B1C.CCCN1B(C)N(C)[SiH]N(c2ccc[n-]2)B1C.[Pt+2].[Pt+2].[Pt].[Pt].[Pt].[Pt]. The minimum Gasteiger partial charge on any atom is -0.615 e. The van der Waals surface area contributed by atoms with E-state index in [9.17, 15) is 0 Å². The second-order valence-corrected chi connectivity index (χ2v) is 39.8. The molecule has 24 nitrogen and oxygen atoms in total. The number of nitrogens with zero attached hydrogens (tertiary/aromatic N) is 24. The Morgan fingerprint density at radius 3 is 0.810 bits per heavy atom. The molecule has 6 aliphatic heterocycles. The summed E-state index contributed by atoms with van der Waals surface area (Å²) >= 11 is 0. The van der Waals surface area contributed by atoms with Crippen LogP contribution in [0.3, 0.4) is 0 Å². The van der Waals surface area contributed by atoms with Crippen LogP contribution >= 0.6 is 0 Å². The van der Waals surface area contributed by atoms with Gasteiger partial charge in [0.2, 0.25) is 27.9 Å². The molecule has 6 saturated heterocycles. The van der Waals surface area contributed by atoms with E-state index in [2.05, 4.69) is 382 Å². The number of anilines is 8. The summed E-state index contributed by atoms with van der Waals surface area (Å²) in [6.45, 7) is 58.6. The van der Waals surface area contributed by atoms with Crippen LogP contribution < -0.4 is 67.1 Å². The third-order valence-corrected chi connectivity index (χ3v) is 32.0. The summed E-state index contributed by atoms with van der Waals surface area (Å²) in [5.74, 6) is 6.50. The van der Waals surface area contributed by atoms with Crippen LogP contribution in [0, 0.1) is 13.3 Å². The minimum atomic E-state index is 0. The third-order valence-electron chi connectivity index (χ3n) is 25.0. The first kappa shape index (κ1) is 118. The fourth-order valence-electron chi connectivity index (χ4n) is 17.3. The summed E-state index contributed by atoms with van der Waals surface area (Å²) < 4.78 is 35.0. The summed E-state index contributed by atoms with van der Waals surface area (Å²) in [4.78, 5) is 36.1. The number of rotatable bonds is 27. The summed E-state index contributed by atoms with van der Waals surface area (Å²) in [6, 6.07) is 46.5. The molecule has 0 spiro atoms. The molecule has 8 aromatic rings. The maximum Gasteiger partial charge on any atom is 2.00 e. The zero-order valence-corrected chi connectivity index (χ0v) is 97.7. The van der Waals surface area contributed by atoms with Crippen LogP contribution in [0.25, 0.3) is 0 Å². The largest absolute Gasteiger partial charge is 2.00 e. The average Bonchev–Trinajstić information content (AvgIpc) is 1.19. The molecule has 6 aromatic heterocycles. The van der Waals surface area contributed by atoms with Gasteiger partial charge in [-0.3, -0.25) is 13.3 Å². The molecule has 12 heterocycles. The number of unbranched alkanes of at least 4 members (excludes halogenated alkanes) is 8. The van der Waals surface area contributed by atoms with Crippen molar-refractivity contribution in [2.45, 2.75) is 220 Å². The first-order valence-electron chi connectivity index (χ1n) is 45.3. The van der Waals surface area contributed by atoms with Gasteiger partial charge in [0.05, 0.1) is 39.4 Å². The molecule has 6 aliphatic rings. The van der Waals surface area contributed by atoms with Crippen molar-refractivity contribution in [2.24, 2.45) is 0 Å². The van der Waals surface area contributed by atoms with Gasteiger partial charge in [-0.1, -0.05) is 363 Å². The summed E-state index contributed by atoms with van der Waals surface area (Å²) in [5.41, 5.74) is 2.44. The van der Waals surface area contributed by atoms with Crippen LogP contribution in [0.5, 0.6) is 0 Å². The molecule has 0 bridgehead atoms. The number of benzene rings is 2. The van der Waals surface area contributed by atoms with Crippen molar-refractivity contribution in [1.29, 1.82) is 0 Å². The summed E-state index contributed by atoms with van der Waals surface area (Å²) in [6.07, 6.45) is 27.8. The molecule has 46 heteroatoms. The Bertz CT molecular complexity index is 3990. The van der Waals surface area contributed by atoms with Crippen molar-refractivity contribution >= 4 is 169 Å². The molecule has 0 unspecified atom stereocenters. The molecular formula is C80H140B12N24Pt6Si4-4. The Balaban J connectivity index is 0.000000389. The molecular weight excluding hydrogens is 2710 g/mol. The second-order valence-electron chi connectivity index (χ2n) is 33.4. The van der Waals surface area contributed by atoms with Crippen molar-refractivity contribution in [3.05, 3.63) is 184 Å². The van der Waals surface area contributed by atoms with Gasteiger partial charge in [0.25, 0.3) is 41.9 Å². The maximum absolute atomic E-state index is 4.53. The van der Waals surface area contributed by atoms with E-state index < -0.39 is 0 Å². The fraction of sp³-hybridized carbons (Fsp3) is 0.525. The van der Waals surface area contributed by atoms with Gasteiger partial charge in [-0.05, 0) is 135 Å². The normalized spacial score (nSPS) is 16.9. The van der Waals surface area contributed by atoms with Gasteiger partial charge in [0.1, 0.15) is 0 Å². The predicted molar refractivity (Wildman–Crippen MR) is 538 cm³/mol. The fourth-order valence-corrected chi connectivity index (χ4v) is 22.9. The molecule has 0 amide bonds. The molecule has 0 aliphatic carbocycles. The number of aromatic nitrogens is 6. The summed E-state index contributed by atoms with van der Waals surface area (Å²) in [7, 11) is 9.39. The molecule has 2 aromatic carbocycles. The number of hydrogen-bond donors (Lipinski definition) is 0. The topological polar surface area (TPSA) is 143 Å². The molecule has 0 N–H and O–H groups in total. The zero-order valence-electron chi connectivity index (χ0n) is 79.5. The van der Waals surface area contributed by atoms with E-state index in [-0.39, 0.29) is 166 Å². The van der Waals surface area contributed by atoms with Crippen LogP contribution in [-0.4, -0.2) is 236 Å². The van der Waals surface area contributed by atoms with Crippen LogP contribution in [0.4, 0.5) is 46.3 Å². The van der Waals surface area contributed by atoms with Crippen LogP contribution in [0.2, 0.25) is 81.9 Å². The van der Waals surface area contributed by atoms with Crippen LogP contribution in [-0.2, 0) is 126 Å². The maximum atomic E-state index is 4.53. The standard InChI is InChI=1S/C19H28B2N4.C18H26B2N4.C12H24B2N4Si.C11H22B2N4Si.2C10H20B2N4Si.6Pt/c1-4-5-6-10-16-25-20(2)23(18-12-8-7-9-13-18)17-24(21(25)3)19-14-11-15-22-19;1-4-5-9-15-24-19(2)22(17-11-7-6-8-12-17)16-23(20(24)3)18-13-10-14-21-18;1-5-6-7-11-17-13(2)16(4)19-18(14(17)3)12-9-8-10-15-12;1-5-6-10-16-12(2)15(4)18-17(13(16)3)11-8-7-9-14-11;1-9(2)15-11(3)14(5)17-16(12(15)4)10-7-6-8-13-10;1-5-9-15-11(2)14(4)17-16(12(15)3)10-7-6-8-13-10;;;;;;/h7-9,11-15,17H,4-6,10,16H2,1-3H3;6-8,10-14,16H,4-5,9,15H2,1-3H3;8-10,19H,5-7,11H2,1-4H3;7-9,18H,5-6,10H2,1-4H3;6-9,17H,1-5H3;6-8,17H,5,9H2,1-4H3;;;;;;/q2*-2;4*-1;;;;;2*+2. The van der Waals surface area contributed by atoms with E-state index in [0.717, 1.165) is 54.5 Å². The molecule has 0 saturated carbocycles. The van der Waals surface area contributed by atoms with Gasteiger partial charge < -0.3 is 113 Å². The zero-order chi connectivity index (χ0) is 86.5. The van der Waals surface area contributed by atoms with E-state index in [0.29, 0.717) is 89.8 Å². The quantitative estimate of drug-likeness (QED) is 0.0273. The van der Waals surface area contributed by atoms with Crippen molar-refractivity contribution in [3.8, 4) is 0 Å². The first-order valence-corrected chi connectivity index (χ1v) is 49.4. The second kappa shape index (κ2) is 61.1. The van der Waals surface area contributed by atoms with E-state index in [1.54, 1.807) is 0 Å².